The number of benzene rings is 1. The summed E-state index contributed by atoms with van der Waals surface area (Å²) in [6.45, 7) is 6.93. The van der Waals surface area contributed by atoms with E-state index in [1.807, 2.05) is 30.4 Å². The van der Waals surface area contributed by atoms with Crippen LogP contribution in [0.2, 0.25) is 13.3 Å². The molecule has 0 aliphatic heterocycles. The molecule has 2 aliphatic rings. The van der Waals surface area contributed by atoms with Crippen molar-refractivity contribution in [2.75, 3.05) is 0 Å². The first-order valence-corrected chi connectivity index (χ1v) is 20.1. The molecule has 2 aliphatic carbocycles. The second-order valence-electron chi connectivity index (χ2n) is 9.39. The molecule has 1 aromatic rings. The Kier molecular flexibility index (Phi) is 9.02. The fraction of sp³-hybridized carbons (Fsp3) is 0.433. The van der Waals surface area contributed by atoms with Gasteiger partial charge in [0, 0.05) is 0 Å². The summed E-state index contributed by atoms with van der Waals surface area (Å²) in [7, 11) is 0. The molecule has 0 amide bonds. The monoisotopic (exact) mass is 544 g/mol. The van der Waals surface area contributed by atoms with Crippen molar-refractivity contribution in [1.29, 1.82) is 10.5 Å². The summed E-state index contributed by atoms with van der Waals surface area (Å²) in [4.78, 5) is 0. The maximum atomic E-state index is 10.1. The van der Waals surface area contributed by atoms with Crippen LogP contribution in [0.5, 0.6) is 0 Å². The van der Waals surface area contributed by atoms with Gasteiger partial charge in [-0.15, -0.1) is 0 Å². The van der Waals surface area contributed by atoms with Gasteiger partial charge in [-0.3, -0.25) is 0 Å². The van der Waals surface area contributed by atoms with E-state index >= 15 is 0 Å². The number of rotatable bonds is 11. The summed E-state index contributed by atoms with van der Waals surface area (Å²) >= 11 is -2.50. The van der Waals surface area contributed by atoms with Gasteiger partial charge in [-0.1, -0.05) is 0 Å². The van der Waals surface area contributed by atoms with E-state index in [4.69, 9.17) is 0 Å². The van der Waals surface area contributed by atoms with Crippen LogP contribution >= 0.6 is 0 Å². The van der Waals surface area contributed by atoms with Crippen LogP contribution in [-0.2, 0) is 0 Å². The van der Waals surface area contributed by atoms with Crippen molar-refractivity contribution >= 4 is 27.5 Å². The molecule has 2 nitrogen and oxygen atoms in total. The van der Waals surface area contributed by atoms with Crippen molar-refractivity contribution < 1.29 is 0 Å². The SMILES string of the molecule is CCC[CH2][Sn]([CH2]CCC)([CH2]CCC)[c]1ccc(C2=CC3=C=CC=CC=C3C2(C#N)C#N)cc1. The summed E-state index contributed by atoms with van der Waals surface area (Å²) in [6, 6.07) is 13.8. The van der Waals surface area contributed by atoms with Gasteiger partial charge < -0.3 is 0 Å². The molecule has 0 bridgehead atoms. The number of unbranched alkanes of at least 4 members (excludes halogenated alkanes) is 3. The first-order chi connectivity index (χ1) is 16.1. The van der Waals surface area contributed by atoms with Crippen molar-refractivity contribution in [3.8, 4) is 12.1 Å². The molecule has 0 saturated heterocycles. The summed E-state index contributed by atoms with van der Waals surface area (Å²) in [6.07, 6.45) is 17.3. The number of nitriles is 2. The third kappa shape index (κ3) is 5.14. The Bertz CT molecular complexity index is 1040. The average molecular weight is 543 g/mol. The van der Waals surface area contributed by atoms with Crippen molar-refractivity contribution in [1.82, 2.24) is 0 Å². The quantitative estimate of drug-likeness (QED) is 0.212. The second-order valence-corrected chi connectivity index (χ2v) is 22.6. The summed E-state index contributed by atoms with van der Waals surface area (Å²) < 4.78 is 5.93. The molecule has 0 heterocycles. The maximum absolute atomic E-state index is 10.1. The number of fused-ring (bicyclic) bond motifs is 1. The van der Waals surface area contributed by atoms with Gasteiger partial charge in [0.15, 0.2) is 0 Å². The van der Waals surface area contributed by atoms with Gasteiger partial charge in [0.2, 0.25) is 0 Å². The Balaban J connectivity index is 2.04. The molecular weight excluding hydrogens is 507 g/mol. The Morgan fingerprint density at radius 3 is 1.91 bits per heavy atom. The zero-order chi connectivity index (χ0) is 23.7. The summed E-state index contributed by atoms with van der Waals surface area (Å²) in [5, 5.41) is 20.3. The van der Waals surface area contributed by atoms with Crippen LogP contribution in [0.25, 0.3) is 5.57 Å². The third-order valence-corrected chi connectivity index (χ3v) is 22.9. The molecule has 1 aromatic carbocycles. The van der Waals surface area contributed by atoms with Crippen LogP contribution in [0, 0.1) is 28.1 Å². The van der Waals surface area contributed by atoms with E-state index in [2.05, 4.69) is 62.9 Å². The molecule has 3 rings (SSSR count). The normalized spacial score (nSPS) is 16.2. The fourth-order valence-electron chi connectivity index (χ4n) is 5.28. The number of hydrogen-bond donors (Lipinski definition) is 0. The zero-order valence-corrected chi connectivity index (χ0v) is 23.3. The van der Waals surface area contributed by atoms with Crippen LogP contribution in [0.15, 0.2) is 71.5 Å². The van der Waals surface area contributed by atoms with Gasteiger partial charge in [-0.05, 0) is 0 Å². The minimum absolute atomic E-state index is 0.735. The molecular formula is C30H36N2Sn. The summed E-state index contributed by atoms with van der Waals surface area (Å²) in [5.41, 5.74) is 5.30. The van der Waals surface area contributed by atoms with Gasteiger partial charge in [0.1, 0.15) is 0 Å². The molecule has 0 N–H and O–H groups in total. The van der Waals surface area contributed by atoms with E-state index in [0.29, 0.717) is 0 Å². The molecule has 0 spiro atoms. The number of allylic oxidation sites excluding steroid dienone is 7. The molecule has 3 heteroatoms. The Morgan fingerprint density at radius 2 is 1.39 bits per heavy atom. The van der Waals surface area contributed by atoms with Gasteiger partial charge in [-0.25, -0.2) is 0 Å². The topological polar surface area (TPSA) is 47.6 Å². The first kappa shape index (κ1) is 25.4. The van der Waals surface area contributed by atoms with Crippen LogP contribution < -0.4 is 3.58 Å². The fourth-order valence-corrected chi connectivity index (χ4v) is 21.2. The summed E-state index contributed by atoms with van der Waals surface area (Å²) in [5.74, 6) is 0. The third-order valence-electron chi connectivity index (χ3n) is 7.27. The molecule has 0 radical (unpaired) electrons. The van der Waals surface area contributed by atoms with Crippen molar-refractivity contribution in [3.05, 3.63) is 77.1 Å². The zero-order valence-electron chi connectivity index (χ0n) is 20.5. The Hall–Kier alpha value is -2.26. The molecule has 33 heavy (non-hydrogen) atoms. The van der Waals surface area contributed by atoms with Gasteiger partial charge in [-0.2, -0.15) is 0 Å². The molecule has 0 aromatic heterocycles. The number of hydrogen-bond acceptors (Lipinski definition) is 2. The van der Waals surface area contributed by atoms with E-state index in [9.17, 15) is 10.5 Å². The van der Waals surface area contributed by atoms with E-state index in [1.165, 1.54) is 51.8 Å². The van der Waals surface area contributed by atoms with Crippen LogP contribution in [0.3, 0.4) is 0 Å². The van der Waals surface area contributed by atoms with E-state index in [1.54, 1.807) is 3.58 Å². The Morgan fingerprint density at radius 1 is 0.818 bits per heavy atom. The molecule has 0 atom stereocenters. The minimum atomic E-state index is -2.50. The van der Waals surface area contributed by atoms with Crippen molar-refractivity contribution in [2.24, 2.45) is 5.41 Å². The Labute approximate surface area is 204 Å². The average Bonchev–Trinajstić information content (AvgIpc) is 2.98. The van der Waals surface area contributed by atoms with E-state index in [-0.39, 0.29) is 0 Å². The standard InChI is InChI=1S/C18H9N2.3C4H9.Sn/c19-12-18(13-20)16-10-6-2-5-9-15(16)11-17(18)14-7-3-1-4-8-14;3*1-3-4-2;/h2-8,10-11H;3*1,3-4H2,2H3;. The van der Waals surface area contributed by atoms with Crippen LogP contribution in [-0.4, -0.2) is 18.4 Å². The van der Waals surface area contributed by atoms with Crippen LogP contribution in [0.4, 0.5) is 0 Å². The molecule has 0 unspecified atom stereocenters. The molecule has 170 valence electrons. The first-order valence-electron chi connectivity index (χ1n) is 12.6. The van der Waals surface area contributed by atoms with Gasteiger partial charge in [0.25, 0.3) is 0 Å². The molecule has 0 saturated carbocycles. The second kappa shape index (κ2) is 11.7. The predicted molar refractivity (Wildman–Crippen MR) is 141 cm³/mol. The van der Waals surface area contributed by atoms with Crippen LogP contribution in [0.1, 0.15) is 64.9 Å². The van der Waals surface area contributed by atoms with Gasteiger partial charge in [0.05, 0.1) is 0 Å². The predicted octanol–water partition coefficient (Wildman–Crippen LogP) is 7.75. The van der Waals surface area contributed by atoms with Crippen molar-refractivity contribution in [3.63, 3.8) is 0 Å². The van der Waals surface area contributed by atoms with E-state index in [0.717, 1.165) is 22.3 Å². The van der Waals surface area contributed by atoms with E-state index < -0.39 is 23.8 Å². The van der Waals surface area contributed by atoms with Gasteiger partial charge >= 0.3 is 205 Å². The van der Waals surface area contributed by atoms with Crippen molar-refractivity contribution in [2.45, 2.75) is 72.6 Å². The number of nitrogens with zero attached hydrogens (tertiary/aromatic N) is 2. The molecule has 0 fully saturated rings.